The maximum Gasteiger partial charge on any atom is 0.487 e. The van der Waals surface area contributed by atoms with Crippen molar-refractivity contribution in [3.05, 3.63) is 60.6 Å². The van der Waals surface area contributed by atoms with Crippen LogP contribution in [-0.4, -0.2) is 51.0 Å². The molecule has 0 aliphatic carbocycles. The normalized spacial score (nSPS) is 16.1. The number of aliphatic hydroxyl groups excluding tert-OH is 1. The molecule has 1 aromatic carbocycles. The first-order valence-corrected chi connectivity index (χ1v) is 10.0. The van der Waals surface area contributed by atoms with Gasteiger partial charge in [-0.1, -0.05) is 0 Å². The number of hydrogen-bond acceptors (Lipinski definition) is 7. The van der Waals surface area contributed by atoms with Crippen molar-refractivity contribution in [2.75, 3.05) is 23.3 Å². The third-order valence-electron chi connectivity index (χ3n) is 4.83. The molecule has 1 aliphatic rings. The number of aromatic nitrogens is 3. The lowest BCUT2D eigenvalue weighted by Gasteiger charge is -2.21. The molecule has 11 heteroatoms. The number of aliphatic hydroxyl groups is 1. The second-order valence-corrected chi connectivity index (χ2v) is 7.58. The van der Waals surface area contributed by atoms with Gasteiger partial charge in [0, 0.05) is 47.7 Å². The van der Waals surface area contributed by atoms with Gasteiger partial charge in [-0.05, 0) is 42.8 Å². The van der Waals surface area contributed by atoms with Crippen molar-refractivity contribution in [2.24, 2.45) is 0 Å². The van der Waals surface area contributed by atoms with Crippen LogP contribution in [0.1, 0.15) is 16.8 Å². The highest BCUT2D eigenvalue weighted by molar-refractivity contribution is 6.20. The van der Waals surface area contributed by atoms with E-state index >= 15 is 0 Å². The number of halogens is 3. The van der Waals surface area contributed by atoms with Crippen molar-refractivity contribution in [1.29, 1.82) is 0 Å². The fourth-order valence-electron chi connectivity index (χ4n) is 3.37. The molecule has 1 atom stereocenters. The SMILES string of the molecule is O=C(Nc1ccc(OC(F)(F)Cl)cc1)c1cnc(N2CC[C@@H](O)C2)c(-c2ccnnc2)c1. The highest BCUT2D eigenvalue weighted by Crippen LogP contribution is 2.32. The van der Waals surface area contributed by atoms with E-state index in [1.54, 1.807) is 24.5 Å². The largest absolute Gasteiger partial charge is 0.487 e. The lowest BCUT2D eigenvalue weighted by atomic mass is 10.1. The number of β-amino-alcohol motifs (C(OH)–C–C–N with tert-alkyl or cyclic N) is 1. The van der Waals surface area contributed by atoms with Crippen molar-refractivity contribution in [1.82, 2.24) is 15.2 Å². The van der Waals surface area contributed by atoms with Crippen LogP contribution in [0.15, 0.2) is 55.0 Å². The van der Waals surface area contributed by atoms with Crippen LogP contribution < -0.4 is 15.0 Å². The Morgan fingerprint density at radius 3 is 2.62 bits per heavy atom. The monoisotopic (exact) mass is 461 g/mol. The Morgan fingerprint density at radius 2 is 2.00 bits per heavy atom. The zero-order valence-electron chi connectivity index (χ0n) is 16.6. The lowest BCUT2D eigenvalue weighted by Crippen LogP contribution is -2.23. The van der Waals surface area contributed by atoms with Crippen molar-refractivity contribution in [2.45, 2.75) is 18.1 Å². The smallest absolute Gasteiger partial charge is 0.420 e. The first-order valence-electron chi connectivity index (χ1n) is 9.66. The summed E-state index contributed by atoms with van der Waals surface area (Å²) in [6, 6.07) is 8.80. The summed E-state index contributed by atoms with van der Waals surface area (Å²) in [5.74, 6) is 0.0500. The van der Waals surface area contributed by atoms with E-state index in [9.17, 15) is 18.7 Å². The molecule has 1 amide bonds. The molecule has 166 valence electrons. The number of rotatable bonds is 6. The summed E-state index contributed by atoms with van der Waals surface area (Å²) in [5, 5.41) is 20.3. The topological polar surface area (TPSA) is 100 Å². The summed E-state index contributed by atoms with van der Waals surface area (Å²) in [6.07, 6.45) is 4.75. The Kier molecular flexibility index (Phi) is 6.15. The van der Waals surface area contributed by atoms with Crippen LogP contribution in [0.5, 0.6) is 5.75 Å². The number of ether oxygens (including phenoxy) is 1. The minimum atomic E-state index is -3.82. The molecule has 0 spiro atoms. The lowest BCUT2D eigenvalue weighted by molar-refractivity contribution is -0.0964. The van der Waals surface area contributed by atoms with Crippen LogP contribution in [0.2, 0.25) is 0 Å². The van der Waals surface area contributed by atoms with E-state index in [1.165, 1.54) is 30.5 Å². The van der Waals surface area contributed by atoms with Crippen LogP contribution >= 0.6 is 11.6 Å². The predicted molar refractivity (Wildman–Crippen MR) is 114 cm³/mol. The van der Waals surface area contributed by atoms with E-state index in [4.69, 9.17) is 11.6 Å². The fourth-order valence-corrected chi connectivity index (χ4v) is 3.46. The average molecular weight is 462 g/mol. The molecule has 0 bridgehead atoms. The number of nitrogens with one attached hydrogen (secondary N) is 1. The van der Waals surface area contributed by atoms with Gasteiger partial charge in [-0.3, -0.25) is 4.79 Å². The summed E-state index contributed by atoms with van der Waals surface area (Å²) in [7, 11) is 0. The first-order chi connectivity index (χ1) is 15.3. The molecular weight excluding hydrogens is 444 g/mol. The van der Waals surface area contributed by atoms with E-state index in [0.717, 1.165) is 5.56 Å². The van der Waals surface area contributed by atoms with Gasteiger partial charge in [-0.15, -0.1) is 8.78 Å². The molecule has 32 heavy (non-hydrogen) atoms. The van der Waals surface area contributed by atoms with Crippen LogP contribution in [0.4, 0.5) is 20.3 Å². The van der Waals surface area contributed by atoms with Gasteiger partial charge in [-0.25, -0.2) is 4.98 Å². The number of pyridine rings is 1. The van der Waals surface area contributed by atoms with Gasteiger partial charge in [0.2, 0.25) is 0 Å². The number of amides is 1. The molecule has 1 aliphatic heterocycles. The van der Waals surface area contributed by atoms with E-state index in [-0.39, 0.29) is 11.3 Å². The third kappa shape index (κ3) is 5.27. The maximum absolute atomic E-state index is 12.8. The number of alkyl halides is 3. The predicted octanol–water partition coefficient (Wildman–Crippen LogP) is 3.53. The third-order valence-corrected chi connectivity index (χ3v) is 4.91. The van der Waals surface area contributed by atoms with Gasteiger partial charge >= 0.3 is 5.57 Å². The molecule has 3 heterocycles. The quantitative estimate of drug-likeness (QED) is 0.541. The minimum absolute atomic E-state index is 0.144. The standard InChI is InChI=1S/C21H18ClF2N5O3/c22-21(23,24)32-17-3-1-15(2-4-17)28-20(31)14-9-18(13-5-7-26-27-11-13)19(25-10-14)29-8-6-16(30)12-29/h1-5,7,9-11,16,30H,6,8,12H2,(H,28,31)/t16-/m1/s1. The number of benzene rings is 1. The van der Waals surface area contributed by atoms with E-state index in [0.29, 0.717) is 36.6 Å². The Morgan fingerprint density at radius 1 is 1.22 bits per heavy atom. The minimum Gasteiger partial charge on any atom is -0.420 e. The van der Waals surface area contributed by atoms with Crippen molar-refractivity contribution in [3.63, 3.8) is 0 Å². The molecule has 0 saturated carbocycles. The molecule has 4 rings (SSSR count). The molecule has 1 saturated heterocycles. The van der Waals surface area contributed by atoms with Gasteiger partial charge in [0.25, 0.3) is 5.91 Å². The van der Waals surface area contributed by atoms with E-state index < -0.39 is 17.6 Å². The van der Waals surface area contributed by atoms with Crippen LogP contribution in [0.25, 0.3) is 11.1 Å². The summed E-state index contributed by atoms with van der Waals surface area (Å²) in [5.41, 5.74) is -1.76. The summed E-state index contributed by atoms with van der Waals surface area (Å²) in [6.45, 7) is 1.08. The van der Waals surface area contributed by atoms with Crippen molar-refractivity contribution < 1.29 is 23.4 Å². The molecule has 2 aromatic heterocycles. The second kappa shape index (κ2) is 9.01. The van der Waals surface area contributed by atoms with Crippen molar-refractivity contribution in [3.8, 4) is 16.9 Å². The maximum atomic E-state index is 12.8. The summed E-state index contributed by atoms with van der Waals surface area (Å²) in [4.78, 5) is 19.2. The van der Waals surface area contributed by atoms with Crippen LogP contribution in [-0.2, 0) is 0 Å². The van der Waals surface area contributed by atoms with E-state index in [2.05, 4.69) is 25.2 Å². The number of anilines is 2. The zero-order chi connectivity index (χ0) is 22.7. The molecule has 1 fully saturated rings. The molecule has 2 N–H and O–H groups in total. The highest BCUT2D eigenvalue weighted by atomic mass is 35.5. The van der Waals surface area contributed by atoms with Gasteiger partial charge in [0.1, 0.15) is 11.6 Å². The van der Waals surface area contributed by atoms with Crippen LogP contribution in [0, 0.1) is 0 Å². The number of nitrogens with zero attached hydrogens (tertiary/aromatic N) is 4. The number of hydrogen-bond donors (Lipinski definition) is 2. The Hall–Kier alpha value is -3.37. The molecular formula is C21H18ClF2N5O3. The Labute approximate surface area is 186 Å². The van der Waals surface area contributed by atoms with Gasteiger partial charge in [0.15, 0.2) is 0 Å². The van der Waals surface area contributed by atoms with Crippen molar-refractivity contribution >= 4 is 29.0 Å². The van der Waals surface area contributed by atoms with Crippen LogP contribution in [0.3, 0.4) is 0 Å². The van der Waals surface area contributed by atoms with Gasteiger partial charge in [-0.2, -0.15) is 10.2 Å². The molecule has 0 unspecified atom stereocenters. The molecule has 0 radical (unpaired) electrons. The fraction of sp³-hybridized carbons (Fsp3) is 0.238. The second-order valence-electron chi connectivity index (χ2n) is 7.14. The molecule has 8 nitrogen and oxygen atoms in total. The van der Waals surface area contributed by atoms with Gasteiger partial charge < -0.3 is 20.1 Å². The number of carbonyl (C=O) groups is 1. The molecule has 3 aromatic rings. The number of carbonyl (C=O) groups excluding carboxylic acids is 1. The van der Waals surface area contributed by atoms with Gasteiger partial charge in [0.05, 0.1) is 24.1 Å². The zero-order valence-corrected chi connectivity index (χ0v) is 17.3. The highest BCUT2D eigenvalue weighted by Gasteiger charge is 2.27. The average Bonchev–Trinajstić information content (AvgIpc) is 3.20. The summed E-state index contributed by atoms with van der Waals surface area (Å²) >= 11 is 4.75. The Bertz CT molecular complexity index is 1100. The first kappa shape index (κ1) is 21.8. The Balaban J connectivity index is 1.57. The van der Waals surface area contributed by atoms with E-state index in [1.807, 2.05) is 4.90 Å². The summed E-state index contributed by atoms with van der Waals surface area (Å²) < 4.78 is 29.7.